The molecule has 0 saturated carbocycles. The fourth-order valence-electron chi connectivity index (χ4n) is 2.11. The maximum atomic E-state index is 13.6. The Morgan fingerprint density at radius 3 is 2.59 bits per heavy atom. The first kappa shape index (κ1) is 14.0. The van der Waals surface area contributed by atoms with Crippen LogP contribution in [0, 0.1) is 11.6 Å². The van der Waals surface area contributed by atoms with E-state index in [1.54, 1.807) is 24.4 Å². The number of nitrogens with zero attached hydrogens (tertiary/aromatic N) is 2. The van der Waals surface area contributed by atoms with Crippen molar-refractivity contribution in [3.63, 3.8) is 0 Å². The molecule has 0 aliphatic rings. The third-order valence-electron chi connectivity index (χ3n) is 3.15. The molecule has 0 atom stereocenters. The van der Waals surface area contributed by atoms with Crippen molar-refractivity contribution in [2.75, 3.05) is 0 Å². The molecule has 7 heteroatoms. The van der Waals surface area contributed by atoms with Crippen molar-refractivity contribution in [3.8, 4) is 5.88 Å². The standard InChI is InChI=1S/C15H11F2N3O2/c16-10-4-3-5-11(17)9(10)8-22-15-13(14(18)21)20-7-2-1-6-12(20)19-15/h1-7H,8H2,(H2,18,21). The van der Waals surface area contributed by atoms with Crippen LogP contribution < -0.4 is 10.5 Å². The molecule has 0 bridgehead atoms. The van der Waals surface area contributed by atoms with Gasteiger partial charge in [-0.1, -0.05) is 12.1 Å². The number of aromatic nitrogens is 2. The highest BCUT2D eigenvalue weighted by Gasteiger charge is 2.19. The van der Waals surface area contributed by atoms with Crippen molar-refractivity contribution in [3.05, 3.63) is 65.5 Å². The van der Waals surface area contributed by atoms with Crippen LogP contribution in [0.25, 0.3) is 5.65 Å². The molecule has 0 radical (unpaired) electrons. The second-order valence-corrected chi connectivity index (χ2v) is 4.55. The molecule has 1 amide bonds. The Balaban J connectivity index is 1.97. The van der Waals surface area contributed by atoms with Gasteiger partial charge >= 0.3 is 0 Å². The van der Waals surface area contributed by atoms with Gasteiger partial charge in [0.05, 0.1) is 5.56 Å². The Labute approximate surface area is 124 Å². The lowest BCUT2D eigenvalue weighted by atomic mass is 10.2. The second-order valence-electron chi connectivity index (χ2n) is 4.55. The molecule has 2 N–H and O–H groups in total. The summed E-state index contributed by atoms with van der Waals surface area (Å²) < 4.78 is 33.9. The maximum absolute atomic E-state index is 13.6. The molecule has 1 aromatic carbocycles. The molecule has 22 heavy (non-hydrogen) atoms. The minimum absolute atomic E-state index is 0.0207. The highest BCUT2D eigenvalue weighted by Crippen LogP contribution is 2.22. The zero-order chi connectivity index (χ0) is 15.7. The van der Waals surface area contributed by atoms with Crippen LogP contribution in [0.1, 0.15) is 16.1 Å². The molecular weight excluding hydrogens is 292 g/mol. The molecule has 0 aliphatic heterocycles. The van der Waals surface area contributed by atoms with Gasteiger partial charge in [0.15, 0.2) is 5.69 Å². The topological polar surface area (TPSA) is 69.6 Å². The van der Waals surface area contributed by atoms with Gasteiger partial charge < -0.3 is 10.5 Å². The third-order valence-corrected chi connectivity index (χ3v) is 3.15. The summed E-state index contributed by atoms with van der Waals surface area (Å²) in [6.45, 7) is -0.400. The molecule has 0 spiro atoms. The first-order chi connectivity index (χ1) is 10.6. The van der Waals surface area contributed by atoms with E-state index in [-0.39, 0.29) is 17.1 Å². The number of hydrogen-bond acceptors (Lipinski definition) is 3. The summed E-state index contributed by atoms with van der Waals surface area (Å²) in [7, 11) is 0. The fraction of sp³-hybridized carbons (Fsp3) is 0.0667. The Hall–Kier alpha value is -2.96. The van der Waals surface area contributed by atoms with E-state index < -0.39 is 24.1 Å². The van der Waals surface area contributed by atoms with E-state index in [9.17, 15) is 13.6 Å². The van der Waals surface area contributed by atoms with E-state index in [2.05, 4.69) is 4.98 Å². The van der Waals surface area contributed by atoms with Crippen LogP contribution in [-0.2, 0) is 6.61 Å². The molecule has 3 aromatic rings. The van der Waals surface area contributed by atoms with Crippen LogP contribution >= 0.6 is 0 Å². The number of halogens is 2. The minimum atomic E-state index is -0.747. The van der Waals surface area contributed by atoms with Gasteiger partial charge in [0.25, 0.3) is 5.91 Å². The molecule has 0 unspecified atom stereocenters. The van der Waals surface area contributed by atoms with Crippen molar-refractivity contribution < 1.29 is 18.3 Å². The number of hydrogen-bond donors (Lipinski definition) is 1. The molecule has 112 valence electrons. The number of fused-ring (bicyclic) bond motifs is 1. The van der Waals surface area contributed by atoms with Crippen LogP contribution in [0.15, 0.2) is 42.6 Å². The van der Waals surface area contributed by atoms with Gasteiger partial charge in [-0.05, 0) is 24.3 Å². The highest BCUT2D eigenvalue weighted by atomic mass is 19.1. The zero-order valence-electron chi connectivity index (χ0n) is 11.3. The van der Waals surface area contributed by atoms with Gasteiger partial charge in [-0.15, -0.1) is 0 Å². The number of imidazole rings is 1. The van der Waals surface area contributed by atoms with E-state index in [4.69, 9.17) is 10.5 Å². The average Bonchev–Trinajstić information content (AvgIpc) is 2.85. The van der Waals surface area contributed by atoms with E-state index >= 15 is 0 Å². The predicted molar refractivity (Wildman–Crippen MR) is 74.4 cm³/mol. The molecule has 2 aromatic heterocycles. The summed E-state index contributed by atoms with van der Waals surface area (Å²) in [6.07, 6.45) is 1.60. The first-order valence-corrected chi connectivity index (χ1v) is 6.40. The van der Waals surface area contributed by atoms with E-state index in [0.717, 1.165) is 12.1 Å². The second kappa shape index (κ2) is 5.44. The number of benzene rings is 1. The molecule has 0 fully saturated rings. The van der Waals surface area contributed by atoms with Crippen molar-refractivity contribution >= 4 is 11.6 Å². The van der Waals surface area contributed by atoms with Crippen molar-refractivity contribution in [2.24, 2.45) is 5.73 Å². The Bertz CT molecular complexity index is 841. The number of carbonyl (C=O) groups excluding carboxylic acids is 1. The van der Waals surface area contributed by atoms with Gasteiger partial charge in [-0.3, -0.25) is 9.20 Å². The van der Waals surface area contributed by atoms with Gasteiger partial charge in [0, 0.05) is 6.20 Å². The van der Waals surface area contributed by atoms with Crippen molar-refractivity contribution in [1.29, 1.82) is 0 Å². The van der Waals surface area contributed by atoms with Gasteiger partial charge in [0.1, 0.15) is 23.9 Å². The maximum Gasteiger partial charge on any atom is 0.271 e. The van der Waals surface area contributed by atoms with Gasteiger partial charge in [-0.2, -0.15) is 4.98 Å². The lowest BCUT2D eigenvalue weighted by molar-refractivity contribution is 0.0989. The Kier molecular flexibility index (Phi) is 3.46. The predicted octanol–water partition coefficient (Wildman–Crippen LogP) is 2.29. The molecule has 0 aliphatic carbocycles. The summed E-state index contributed by atoms with van der Waals surface area (Å²) in [5, 5.41) is 0. The summed E-state index contributed by atoms with van der Waals surface area (Å²) in [5.41, 5.74) is 5.55. The SMILES string of the molecule is NC(=O)c1c(OCc2c(F)cccc2F)nc2ccccn12. The number of nitrogens with two attached hydrogens (primary N) is 1. The number of carbonyl (C=O) groups is 1. The third kappa shape index (κ3) is 2.37. The molecular formula is C15H11F2N3O2. The van der Waals surface area contributed by atoms with Crippen LogP contribution in [0.5, 0.6) is 5.88 Å². The Morgan fingerprint density at radius 1 is 1.18 bits per heavy atom. The number of rotatable bonds is 4. The van der Waals surface area contributed by atoms with Crippen molar-refractivity contribution in [1.82, 2.24) is 9.38 Å². The van der Waals surface area contributed by atoms with E-state index in [1.165, 1.54) is 10.5 Å². The largest absolute Gasteiger partial charge is 0.471 e. The molecule has 3 rings (SSSR count). The summed E-state index contributed by atoms with van der Waals surface area (Å²) in [6, 6.07) is 8.59. The van der Waals surface area contributed by atoms with Crippen LogP contribution in [0.3, 0.4) is 0 Å². The summed E-state index contributed by atoms with van der Waals surface area (Å²) in [5.74, 6) is -2.28. The molecule has 0 saturated heterocycles. The van der Waals surface area contributed by atoms with Crippen molar-refractivity contribution in [2.45, 2.75) is 6.61 Å². The number of pyridine rings is 1. The fourth-order valence-corrected chi connectivity index (χ4v) is 2.11. The first-order valence-electron chi connectivity index (χ1n) is 6.40. The smallest absolute Gasteiger partial charge is 0.271 e. The minimum Gasteiger partial charge on any atom is -0.471 e. The van der Waals surface area contributed by atoms with E-state index in [0.29, 0.717) is 5.65 Å². The summed E-state index contributed by atoms with van der Waals surface area (Å²) in [4.78, 5) is 15.7. The lowest BCUT2D eigenvalue weighted by Crippen LogP contribution is -2.15. The Morgan fingerprint density at radius 2 is 1.91 bits per heavy atom. The zero-order valence-corrected chi connectivity index (χ0v) is 11.3. The van der Waals surface area contributed by atoms with Crippen LogP contribution in [0.2, 0.25) is 0 Å². The average molecular weight is 303 g/mol. The summed E-state index contributed by atoms with van der Waals surface area (Å²) >= 11 is 0. The molecule has 2 heterocycles. The monoisotopic (exact) mass is 303 g/mol. The number of ether oxygens (including phenoxy) is 1. The normalized spacial score (nSPS) is 10.8. The highest BCUT2D eigenvalue weighted by molar-refractivity contribution is 5.94. The number of primary amides is 1. The van der Waals surface area contributed by atoms with Gasteiger partial charge in [-0.25, -0.2) is 8.78 Å². The quantitative estimate of drug-likeness (QED) is 0.804. The van der Waals surface area contributed by atoms with Gasteiger partial charge in [0.2, 0.25) is 5.88 Å². The van der Waals surface area contributed by atoms with Crippen LogP contribution in [-0.4, -0.2) is 15.3 Å². The lowest BCUT2D eigenvalue weighted by Gasteiger charge is -2.06. The molecule has 5 nitrogen and oxygen atoms in total. The van der Waals surface area contributed by atoms with E-state index in [1.807, 2.05) is 0 Å². The number of amides is 1. The van der Waals surface area contributed by atoms with Crippen LogP contribution in [0.4, 0.5) is 8.78 Å².